The van der Waals surface area contributed by atoms with Gasteiger partial charge in [0, 0.05) is 25.7 Å². The summed E-state index contributed by atoms with van der Waals surface area (Å²) in [4.78, 5) is 30.1. The van der Waals surface area contributed by atoms with Crippen molar-refractivity contribution < 1.29 is 23.5 Å². The molecule has 0 saturated carbocycles. The highest BCUT2D eigenvalue weighted by molar-refractivity contribution is 5.93. The van der Waals surface area contributed by atoms with Gasteiger partial charge in [-0.05, 0) is 23.8 Å². The lowest BCUT2D eigenvalue weighted by atomic mass is 9.76. The van der Waals surface area contributed by atoms with Gasteiger partial charge in [-0.3, -0.25) is 9.59 Å². The maximum atomic E-state index is 13.4. The van der Waals surface area contributed by atoms with Crippen molar-refractivity contribution in [3.05, 3.63) is 66.1 Å². The minimum atomic E-state index is -0.711. The largest absolute Gasteiger partial charge is 0.497 e. The molecule has 1 aromatic heterocycles. The molecule has 0 N–H and O–H groups in total. The monoisotopic (exact) mass is 408 g/mol. The lowest BCUT2D eigenvalue weighted by molar-refractivity contribution is -0.142. The fourth-order valence-electron chi connectivity index (χ4n) is 4.97. The molecule has 4 atom stereocenters. The van der Waals surface area contributed by atoms with Crippen molar-refractivity contribution in [1.29, 1.82) is 0 Å². The highest BCUT2D eigenvalue weighted by Crippen LogP contribution is 2.52. The van der Waals surface area contributed by atoms with Crippen LogP contribution >= 0.6 is 0 Å². The predicted octanol–water partition coefficient (Wildman–Crippen LogP) is 2.23. The van der Waals surface area contributed by atoms with E-state index in [1.54, 1.807) is 36.5 Å². The molecule has 2 amide bonds. The summed E-state index contributed by atoms with van der Waals surface area (Å²) >= 11 is 0. The second-order valence-electron chi connectivity index (χ2n) is 8.27. The lowest BCUT2D eigenvalue weighted by Crippen LogP contribution is -2.44. The van der Waals surface area contributed by atoms with Crippen LogP contribution in [0.15, 0.2) is 59.4 Å². The number of fused-ring (bicyclic) bond motifs is 1. The predicted molar refractivity (Wildman–Crippen MR) is 107 cm³/mol. The molecule has 3 aliphatic heterocycles. The van der Waals surface area contributed by atoms with Crippen molar-refractivity contribution in [2.75, 3.05) is 20.7 Å². The molecule has 0 radical (unpaired) electrons. The number of amides is 2. The van der Waals surface area contributed by atoms with E-state index in [9.17, 15) is 9.59 Å². The minimum absolute atomic E-state index is 0.0280. The van der Waals surface area contributed by atoms with Crippen LogP contribution < -0.4 is 4.74 Å². The first-order valence-corrected chi connectivity index (χ1v) is 10.1. The molecule has 0 unspecified atom stereocenters. The number of hydrogen-bond acceptors (Lipinski definition) is 5. The van der Waals surface area contributed by atoms with E-state index < -0.39 is 17.4 Å². The Balaban J connectivity index is 1.36. The van der Waals surface area contributed by atoms with E-state index in [-0.39, 0.29) is 17.9 Å². The third-order valence-electron chi connectivity index (χ3n) is 6.35. The number of carbonyl (C=O) groups is 2. The van der Waals surface area contributed by atoms with Crippen molar-refractivity contribution >= 4 is 11.8 Å². The zero-order valence-corrected chi connectivity index (χ0v) is 17.0. The molecular weight excluding hydrogens is 384 g/mol. The van der Waals surface area contributed by atoms with Crippen molar-refractivity contribution in [1.82, 2.24) is 9.80 Å². The van der Waals surface area contributed by atoms with Gasteiger partial charge >= 0.3 is 0 Å². The third kappa shape index (κ3) is 2.92. The van der Waals surface area contributed by atoms with Gasteiger partial charge < -0.3 is 23.7 Å². The first kappa shape index (κ1) is 18.9. The highest BCUT2D eigenvalue weighted by atomic mass is 16.5. The van der Waals surface area contributed by atoms with Gasteiger partial charge in [-0.25, -0.2) is 0 Å². The third-order valence-corrected chi connectivity index (χ3v) is 6.35. The number of carbonyl (C=O) groups excluding carboxylic acids is 2. The number of nitrogens with zero attached hydrogens (tertiary/aromatic N) is 2. The summed E-state index contributed by atoms with van der Waals surface area (Å²) in [6.07, 6.45) is 6.78. The van der Waals surface area contributed by atoms with Crippen molar-refractivity contribution in [3.8, 4) is 5.75 Å². The van der Waals surface area contributed by atoms with Gasteiger partial charge in [-0.2, -0.15) is 0 Å². The second-order valence-corrected chi connectivity index (χ2v) is 8.27. The zero-order valence-electron chi connectivity index (χ0n) is 17.0. The molecule has 1 aromatic carbocycles. The molecule has 30 heavy (non-hydrogen) atoms. The maximum Gasteiger partial charge on any atom is 0.230 e. The van der Waals surface area contributed by atoms with Gasteiger partial charge in [0.15, 0.2) is 0 Å². The summed E-state index contributed by atoms with van der Waals surface area (Å²) in [6.45, 7) is 1.35. The molecule has 2 aromatic rings. The summed E-state index contributed by atoms with van der Waals surface area (Å²) in [6, 6.07) is 9.51. The second kappa shape index (κ2) is 7.02. The number of benzene rings is 1. The summed E-state index contributed by atoms with van der Waals surface area (Å²) in [5, 5.41) is 0. The SMILES string of the molecule is COc1cccc(CN2C[C@]34C=C[C@H](O3)[C@H](C(=O)N(C)Cc3ccoc3)[C@H]4C2=O)c1. The number of rotatable bonds is 6. The van der Waals surface area contributed by atoms with E-state index in [2.05, 4.69) is 0 Å². The summed E-state index contributed by atoms with van der Waals surface area (Å²) in [7, 11) is 3.38. The highest BCUT2D eigenvalue weighted by Gasteiger charge is 2.67. The van der Waals surface area contributed by atoms with Gasteiger partial charge in [0.2, 0.25) is 11.8 Å². The lowest BCUT2D eigenvalue weighted by Gasteiger charge is -2.27. The van der Waals surface area contributed by atoms with Crippen LogP contribution in [0.1, 0.15) is 11.1 Å². The molecule has 2 saturated heterocycles. The van der Waals surface area contributed by atoms with E-state index >= 15 is 0 Å². The number of likely N-dealkylation sites (tertiary alicyclic amines) is 1. The van der Waals surface area contributed by atoms with Gasteiger partial charge in [0.1, 0.15) is 11.4 Å². The molecule has 3 aliphatic rings. The van der Waals surface area contributed by atoms with Crippen LogP contribution in [0.5, 0.6) is 5.75 Å². The normalized spacial score (nSPS) is 28.8. The maximum absolute atomic E-state index is 13.4. The summed E-state index contributed by atoms with van der Waals surface area (Å²) in [5.41, 5.74) is 1.19. The molecule has 7 nitrogen and oxygen atoms in total. The first-order valence-electron chi connectivity index (χ1n) is 10.1. The Morgan fingerprint density at radius 1 is 1.33 bits per heavy atom. The number of hydrogen-bond donors (Lipinski definition) is 0. The Bertz CT molecular complexity index is 1000. The molecule has 7 heteroatoms. The van der Waals surface area contributed by atoms with E-state index in [0.29, 0.717) is 19.6 Å². The van der Waals surface area contributed by atoms with Crippen molar-refractivity contribution in [2.45, 2.75) is 24.8 Å². The smallest absolute Gasteiger partial charge is 0.230 e. The van der Waals surface area contributed by atoms with E-state index in [0.717, 1.165) is 16.9 Å². The Hall–Kier alpha value is -3.06. The van der Waals surface area contributed by atoms with Crippen LogP contribution in [0, 0.1) is 11.8 Å². The van der Waals surface area contributed by atoms with Crippen LogP contribution in [-0.2, 0) is 27.4 Å². The average molecular weight is 408 g/mol. The van der Waals surface area contributed by atoms with Gasteiger partial charge in [-0.1, -0.05) is 24.3 Å². The number of methoxy groups -OCH3 is 1. The van der Waals surface area contributed by atoms with Gasteiger partial charge in [0.25, 0.3) is 0 Å². The molecule has 1 spiro atoms. The molecular formula is C23H24N2O5. The Kier molecular flexibility index (Phi) is 4.43. The molecule has 156 valence electrons. The van der Waals surface area contributed by atoms with Crippen LogP contribution in [0.3, 0.4) is 0 Å². The quantitative estimate of drug-likeness (QED) is 0.686. The Labute approximate surface area is 174 Å². The Morgan fingerprint density at radius 2 is 2.20 bits per heavy atom. The standard InChI is InChI=1S/C23H24N2O5/c1-24(11-16-7-9-29-13-16)21(26)19-18-6-8-23(30-18)14-25(22(27)20(19)23)12-15-4-3-5-17(10-15)28-2/h3-10,13,18-20H,11-12,14H2,1-2H3/t18-,19-,20-,23-/m0/s1. The van der Waals surface area contributed by atoms with Gasteiger partial charge in [-0.15, -0.1) is 0 Å². The van der Waals surface area contributed by atoms with Crippen LogP contribution in [0.25, 0.3) is 0 Å². The summed E-state index contributed by atoms with van der Waals surface area (Å²) in [5.74, 6) is -0.343. The molecule has 2 bridgehead atoms. The fraction of sp³-hybridized carbons (Fsp3) is 0.391. The molecule has 4 heterocycles. The van der Waals surface area contributed by atoms with E-state index in [1.807, 2.05) is 42.5 Å². The van der Waals surface area contributed by atoms with Crippen molar-refractivity contribution in [2.24, 2.45) is 11.8 Å². The average Bonchev–Trinajstić information content (AvgIpc) is 3.51. The number of ether oxygens (including phenoxy) is 2. The van der Waals surface area contributed by atoms with E-state index in [1.165, 1.54) is 0 Å². The molecule has 5 rings (SSSR count). The summed E-state index contributed by atoms with van der Waals surface area (Å²) < 4.78 is 16.6. The van der Waals surface area contributed by atoms with Crippen LogP contribution in [0.2, 0.25) is 0 Å². The van der Waals surface area contributed by atoms with Crippen LogP contribution in [0.4, 0.5) is 0 Å². The Morgan fingerprint density at radius 3 is 2.97 bits per heavy atom. The molecule has 0 aliphatic carbocycles. The minimum Gasteiger partial charge on any atom is -0.497 e. The van der Waals surface area contributed by atoms with Crippen LogP contribution in [-0.4, -0.2) is 54.0 Å². The number of furan rings is 1. The zero-order chi connectivity index (χ0) is 20.9. The van der Waals surface area contributed by atoms with Crippen molar-refractivity contribution in [3.63, 3.8) is 0 Å². The molecule has 2 fully saturated rings. The van der Waals surface area contributed by atoms with E-state index in [4.69, 9.17) is 13.9 Å². The fourth-order valence-corrected chi connectivity index (χ4v) is 4.97. The topological polar surface area (TPSA) is 72.2 Å². The first-order chi connectivity index (χ1) is 14.5. The van der Waals surface area contributed by atoms with Gasteiger partial charge in [0.05, 0.1) is 44.1 Å².